The molecule has 0 aliphatic carbocycles. The SMILES string of the molecule is O=C(C[C@H](c1ccsc1)n1cccc1)Nc1ccc(N2CCCCS2(=O)=O)cc1. The number of sulfonamides is 1. The molecule has 6 nitrogen and oxygen atoms in total. The van der Waals surface area contributed by atoms with Crippen LogP contribution in [0.4, 0.5) is 11.4 Å². The molecule has 0 saturated carbocycles. The second-order valence-electron chi connectivity index (χ2n) is 7.10. The summed E-state index contributed by atoms with van der Waals surface area (Å²) in [5.74, 6) is 0.0997. The lowest BCUT2D eigenvalue weighted by molar-refractivity contribution is -0.116. The maximum atomic E-state index is 12.7. The number of amides is 1. The zero-order chi connectivity index (χ0) is 20.3. The van der Waals surface area contributed by atoms with Gasteiger partial charge in [-0.1, -0.05) is 0 Å². The molecule has 1 aromatic carbocycles. The Morgan fingerprint density at radius 3 is 2.52 bits per heavy atom. The van der Waals surface area contributed by atoms with Crippen LogP contribution in [-0.4, -0.2) is 31.2 Å². The van der Waals surface area contributed by atoms with Crippen LogP contribution in [0, 0.1) is 0 Å². The Morgan fingerprint density at radius 1 is 1.10 bits per heavy atom. The van der Waals surface area contributed by atoms with Crippen LogP contribution in [0.3, 0.4) is 0 Å². The van der Waals surface area contributed by atoms with Crippen molar-refractivity contribution in [2.24, 2.45) is 0 Å². The summed E-state index contributed by atoms with van der Waals surface area (Å²) in [5.41, 5.74) is 2.41. The summed E-state index contributed by atoms with van der Waals surface area (Å²) in [6.45, 7) is 0.507. The number of anilines is 2. The minimum Gasteiger partial charge on any atom is -0.346 e. The molecular formula is C21H23N3O3S2. The molecule has 4 rings (SSSR count). The minimum atomic E-state index is -3.23. The van der Waals surface area contributed by atoms with E-state index in [4.69, 9.17) is 0 Å². The molecule has 0 unspecified atom stereocenters. The summed E-state index contributed by atoms with van der Waals surface area (Å²) in [7, 11) is -3.23. The van der Waals surface area contributed by atoms with Gasteiger partial charge in [-0.25, -0.2) is 8.42 Å². The standard InChI is InChI=1S/C21H23N3O3S2/c25-21(15-20(17-9-13-28-16-17)23-10-1-2-11-23)22-18-5-7-19(8-6-18)24-12-3-4-14-29(24,26)27/h1-2,5-11,13,16,20H,3-4,12,14-15H2,(H,22,25)/t20-/m1/s1. The Kier molecular flexibility index (Phi) is 5.73. The highest BCUT2D eigenvalue weighted by Crippen LogP contribution is 2.27. The maximum Gasteiger partial charge on any atom is 0.235 e. The average Bonchev–Trinajstić information content (AvgIpc) is 3.41. The number of thiophene rings is 1. The summed E-state index contributed by atoms with van der Waals surface area (Å²) in [6.07, 6.45) is 5.81. The Hall–Kier alpha value is -2.58. The van der Waals surface area contributed by atoms with Gasteiger partial charge in [-0.15, -0.1) is 0 Å². The Balaban J connectivity index is 1.44. The monoisotopic (exact) mass is 429 g/mol. The van der Waals surface area contributed by atoms with Gasteiger partial charge in [0.05, 0.1) is 23.9 Å². The van der Waals surface area contributed by atoms with Gasteiger partial charge in [0.25, 0.3) is 0 Å². The lowest BCUT2D eigenvalue weighted by Gasteiger charge is -2.28. The summed E-state index contributed by atoms with van der Waals surface area (Å²) in [6, 6.07) is 12.9. The van der Waals surface area contributed by atoms with Crippen molar-refractivity contribution in [3.8, 4) is 0 Å². The molecule has 1 aliphatic rings. The average molecular weight is 430 g/mol. The fourth-order valence-electron chi connectivity index (χ4n) is 3.59. The van der Waals surface area contributed by atoms with E-state index in [9.17, 15) is 13.2 Å². The van der Waals surface area contributed by atoms with E-state index in [1.54, 1.807) is 35.6 Å². The number of hydrogen-bond acceptors (Lipinski definition) is 4. The van der Waals surface area contributed by atoms with Crippen molar-refractivity contribution in [3.63, 3.8) is 0 Å². The smallest absolute Gasteiger partial charge is 0.235 e. The zero-order valence-electron chi connectivity index (χ0n) is 15.9. The Morgan fingerprint density at radius 2 is 1.86 bits per heavy atom. The number of carbonyl (C=O) groups excluding carboxylic acids is 1. The lowest BCUT2D eigenvalue weighted by Crippen LogP contribution is -2.37. The van der Waals surface area contributed by atoms with E-state index in [-0.39, 0.29) is 17.7 Å². The third kappa shape index (κ3) is 4.54. The van der Waals surface area contributed by atoms with Crippen LogP contribution < -0.4 is 9.62 Å². The third-order valence-corrected chi connectivity index (χ3v) is 7.65. The van der Waals surface area contributed by atoms with Crippen molar-refractivity contribution in [2.75, 3.05) is 21.9 Å². The number of rotatable bonds is 6. The van der Waals surface area contributed by atoms with E-state index in [2.05, 4.69) is 10.7 Å². The number of benzene rings is 1. The van der Waals surface area contributed by atoms with Gasteiger partial charge in [0.15, 0.2) is 0 Å². The molecule has 2 aromatic heterocycles. The molecule has 1 aliphatic heterocycles. The van der Waals surface area contributed by atoms with Crippen molar-refractivity contribution in [1.29, 1.82) is 0 Å². The third-order valence-electron chi connectivity index (χ3n) is 5.08. The van der Waals surface area contributed by atoms with Crippen molar-refractivity contribution < 1.29 is 13.2 Å². The van der Waals surface area contributed by atoms with Gasteiger partial charge in [0, 0.05) is 24.6 Å². The molecule has 1 N–H and O–H groups in total. The maximum absolute atomic E-state index is 12.7. The van der Waals surface area contributed by atoms with Crippen LogP contribution in [-0.2, 0) is 14.8 Å². The van der Waals surface area contributed by atoms with Crippen LogP contribution in [0.2, 0.25) is 0 Å². The molecular weight excluding hydrogens is 406 g/mol. The van der Waals surface area contributed by atoms with Crippen LogP contribution in [0.5, 0.6) is 0 Å². The highest BCUT2D eigenvalue weighted by Gasteiger charge is 2.26. The van der Waals surface area contributed by atoms with Gasteiger partial charge < -0.3 is 9.88 Å². The molecule has 8 heteroatoms. The Bertz CT molecular complexity index is 1010. The normalized spacial score (nSPS) is 17.0. The van der Waals surface area contributed by atoms with E-state index in [1.165, 1.54) is 4.31 Å². The molecule has 0 spiro atoms. The van der Waals surface area contributed by atoms with E-state index in [0.717, 1.165) is 12.0 Å². The molecule has 1 fully saturated rings. The van der Waals surface area contributed by atoms with Gasteiger partial charge in [-0.2, -0.15) is 11.3 Å². The van der Waals surface area contributed by atoms with Crippen molar-refractivity contribution in [1.82, 2.24) is 4.57 Å². The second kappa shape index (κ2) is 8.42. The molecule has 0 bridgehead atoms. The molecule has 3 heterocycles. The quantitative estimate of drug-likeness (QED) is 0.641. The van der Waals surface area contributed by atoms with E-state index in [1.807, 2.05) is 40.5 Å². The fourth-order valence-corrected chi connectivity index (χ4v) is 5.94. The number of carbonyl (C=O) groups is 1. The van der Waals surface area contributed by atoms with Crippen LogP contribution in [0.15, 0.2) is 65.6 Å². The van der Waals surface area contributed by atoms with Crippen molar-refractivity contribution in [2.45, 2.75) is 25.3 Å². The predicted octanol–water partition coefficient (Wildman–Crippen LogP) is 4.10. The fraction of sp³-hybridized carbons (Fsp3) is 0.286. The first-order valence-corrected chi connectivity index (χ1v) is 12.1. The first-order chi connectivity index (χ1) is 14.0. The summed E-state index contributed by atoms with van der Waals surface area (Å²) in [5, 5.41) is 7.00. The number of nitrogens with one attached hydrogen (secondary N) is 1. The Labute approximate surface area is 174 Å². The first kappa shape index (κ1) is 19.7. The highest BCUT2D eigenvalue weighted by atomic mass is 32.2. The van der Waals surface area contributed by atoms with Gasteiger partial charge in [-0.05, 0) is 71.6 Å². The largest absolute Gasteiger partial charge is 0.346 e. The van der Waals surface area contributed by atoms with Crippen molar-refractivity contribution >= 4 is 38.6 Å². The topological polar surface area (TPSA) is 71.4 Å². The van der Waals surface area contributed by atoms with Crippen molar-refractivity contribution in [3.05, 3.63) is 71.2 Å². The molecule has 1 atom stereocenters. The number of nitrogens with zero attached hydrogens (tertiary/aromatic N) is 2. The van der Waals surface area contributed by atoms with Gasteiger partial charge in [-0.3, -0.25) is 9.10 Å². The molecule has 3 aromatic rings. The summed E-state index contributed by atoms with van der Waals surface area (Å²) in [4.78, 5) is 12.7. The predicted molar refractivity (Wildman–Crippen MR) is 117 cm³/mol. The molecule has 1 amide bonds. The van der Waals surface area contributed by atoms with E-state index >= 15 is 0 Å². The number of hydrogen-bond donors (Lipinski definition) is 1. The van der Waals surface area contributed by atoms with Crippen LogP contribution in [0.1, 0.15) is 30.9 Å². The van der Waals surface area contributed by atoms with Crippen LogP contribution in [0.25, 0.3) is 0 Å². The van der Waals surface area contributed by atoms with E-state index in [0.29, 0.717) is 30.8 Å². The molecule has 1 saturated heterocycles. The van der Waals surface area contributed by atoms with Gasteiger partial charge >= 0.3 is 0 Å². The highest BCUT2D eigenvalue weighted by molar-refractivity contribution is 7.92. The second-order valence-corrected chi connectivity index (χ2v) is 9.89. The van der Waals surface area contributed by atoms with Crippen LogP contribution >= 0.6 is 11.3 Å². The molecule has 0 radical (unpaired) electrons. The zero-order valence-corrected chi connectivity index (χ0v) is 17.5. The number of aromatic nitrogens is 1. The minimum absolute atomic E-state index is 0.0611. The van der Waals surface area contributed by atoms with Gasteiger partial charge in [0.1, 0.15) is 0 Å². The van der Waals surface area contributed by atoms with Gasteiger partial charge in [0.2, 0.25) is 15.9 Å². The lowest BCUT2D eigenvalue weighted by atomic mass is 10.1. The summed E-state index contributed by atoms with van der Waals surface area (Å²) >= 11 is 1.61. The molecule has 152 valence electrons. The first-order valence-electron chi connectivity index (χ1n) is 9.58. The summed E-state index contributed by atoms with van der Waals surface area (Å²) < 4.78 is 28.0. The molecule has 29 heavy (non-hydrogen) atoms. The van der Waals surface area contributed by atoms with E-state index < -0.39 is 10.0 Å².